The number of carbonyl (C=O) groups excluding carboxylic acids is 2. The minimum absolute atomic E-state index is 0.102. The number of esters is 2. The van der Waals surface area contributed by atoms with E-state index in [2.05, 4.69) is 11.7 Å². The molecule has 0 N–H and O–H groups in total. The van der Waals surface area contributed by atoms with E-state index in [-0.39, 0.29) is 24.0 Å². The molecule has 1 fully saturated rings. The molecule has 2 atom stereocenters. The summed E-state index contributed by atoms with van der Waals surface area (Å²) >= 11 is 1.50. The average Bonchev–Trinajstić information content (AvgIpc) is 2.33. The summed E-state index contributed by atoms with van der Waals surface area (Å²) < 4.78 is 10.1. The van der Waals surface area contributed by atoms with Gasteiger partial charge in [0.05, 0.1) is 13.5 Å². The average molecular weight is 274 g/mol. The molecule has 0 radical (unpaired) electrons. The first-order chi connectivity index (χ1) is 8.50. The second kappa shape index (κ2) is 7.02. The number of rotatable bonds is 6. The van der Waals surface area contributed by atoms with Crippen molar-refractivity contribution in [2.75, 3.05) is 12.9 Å². The summed E-state index contributed by atoms with van der Waals surface area (Å²) in [6.45, 7) is 4.12. The van der Waals surface area contributed by atoms with Crippen molar-refractivity contribution in [2.24, 2.45) is 0 Å². The lowest BCUT2D eigenvalue weighted by Gasteiger charge is -2.36. The van der Waals surface area contributed by atoms with Gasteiger partial charge >= 0.3 is 11.9 Å². The summed E-state index contributed by atoms with van der Waals surface area (Å²) in [7, 11) is 1.33. The van der Waals surface area contributed by atoms with Crippen molar-refractivity contribution >= 4 is 23.7 Å². The molecule has 4 nitrogen and oxygen atoms in total. The van der Waals surface area contributed by atoms with Crippen LogP contribution in [0.5, 0.6) is 0 Å². The van der Waals surface area contributed by atoms with E-state index >= 15 is 0 Å². The van der Waals surface area contributed by atoms with Crippen LogP contribution in [0.2, 0.25) is 0 Å². The molecule has 0 aromatic heterocycles. The van der Waals surface area contributed by atoms with Crippen molar-refractivity contribution in [3.63, 3.8) is 0 Å². The number of hydrogen-bond donors (Lipinski definition) is 0. The standard InChI is InChI=1S/C13H22O4S/c1-4-5-6-7-13(2)9-18-10(12(15)17-13)8-11(14)16-3/h10H,4-9H2,1-3H3. The normalized spacial score (nSPS) is 27.7. The van der Waals surface area contributed by atoms with Crippen LogP contribution in [0.15, 0.2) is 0 Å². The van der Waals surface area contributed by atoms with Crippen molar-refractivity contribution < 1.29 is 19.1 Å². The van der Waals surface area contributed by atoms with E-state index in [4.69, 9.17) is 4.74 Å². The summed E-state index contributed by atoms with van der Waals surface area (Å²) in [4.78, 5) is 23.0. The molecule has 1 rings (SSSR count). The molecule has 5 heteroatoms. The molecule has 1 saturated heterocycles. The molecule has 0 saturated carbocycles. The van der Waals surface area contributed by atoms with E-state index in [9.17, 15) is 9.59 Å². The third-order valence-corrected chi connectivity index (χ3v) is 4.63. The summed E-state index contributed by atoms with van der Waals surface area (Å²) in [5.41, 5.74) is -0.371. The van der Waals surface area contributed by atoms with Gasteiger partial charge in [-0.2, -0.15) is 0 Å². The Balaban J connectivity index is 2.44. The molecule has 0 amide bonds. The highest BCUT2D eigenvalue weighted by Crippen LogP contribution is 2.34. The number of hydrogen-bond acceptors (Lipinski definition) is 5. The minimum atomic E-state index is -0.406. The van der Waals surface area contributed by atoms with Gasteiger partial charge in [0.15, 0.2) is 0 Å². The number of thioether (sulfide) groups is 1. The van der Waals surface area contributed by atoms with Crippen molar-refractivity contribution in [1.82, 2.24) is 0 Å². The molecule has 1 heterocycles. The van der Waals surface area contributed by atoms with Crippen molar-refractivity contribution in [3.05, 3.63) is 0 Å². The predicted molar refractivity (Wildman–Crippen MR) is 71.5 cm³/mol. The largest absolute Gasteiger partial charge is 0.469 e. The van der Waals surface area contributed by atoms with Crippen LogP contribution in [0, 0.1) is 0 Å². The first kappa shape index (κ1) is 15.3. The number of methoxy groups -OCH3 is 1. The Hall–Kier alpha value is -0.710. The minimum Gasteiger partial charge on any atom is -0.469 e. The number of unbranched alkanes of at least 4 members (excludes halogenated alkanes) is 2. The van der Waals surface area contributed by atoms with Gasteiger partial charge in [-0.1, -0.05) is 19.8 Å². The highest BCUT2D eigenvalue weighted by molar-refractivity contribution is 8.00. The molecule has 18 heavy (non-hydrogen) atoms. The summed E-state index contributed by atoms with van der Waals surface area (Å²) in [5, 5.41) is -0.406. The van der Waals surface area contributed by atoms with Crippen molar-refractivity contribution in [3.8, 4) is 0 Å². The van der Waals surface area contributed by atoms with Gasteiger partial charge in [0, 0.05) is 5.75 Å². The first-order valence-electron chi connectivity index (χ1n) is 6.42. The van der Waals surface area contributed by atoms with Gasteiger partial charge in [0.25, 0.3) is 0 Å². The number of carbonyl (C=O) groups is 2. The zero-order valence-electron chi connectivity index (χ0n) is 11.4. The van der Waals surface area contributed by atoms with Crippen LogP contribution in [-0.2, 0) is 19.1 Å². The highest BCUT2D eigenvalue weighted by atomic mass is 32.2. The number of cyclic esters (lactones) is 1. The molecule has 1 aliphatic rings. The third kappa shape index (κ3) is 4.52. The Morgan fingerprint density at radius 1 is 1.56 bits per heavy atom. The molecular weight excluding hydrogens is 252 g/mol. The van der Waals surface area contributed by atoms with Crippen LogP contribution >= 0.6 is 11.8 Å². The Bertz CT molecular complexity index is 305. The smallest absolute Gasteiger partial charge is 0.320 e. The Labute approximate surface area is 113 Å². The fourth-order valence-electron chi connectivity index (χ4n) is 1.93. The maximum absolute atomic E-state index is 11.8. The lowest BCUT2D eigenvalue weighted by atomic mass is 10.00. The monoisotopic (exact) mass is 274 g/mol. The Morgan fingerprint density at radius 2 is 2.28 bits per heavy atom. The molecule has 0 aromatic rings. The summed E-state index contributed by atoms with van der Waals surface area (Å²) in [6, 6.07) is 0. The molecule has 0 aromatic carbocycles. The van der Waals surface area contributed by atoms with E-state index in [1.165, 1.54) is 18.9 Å². The lowest BCUT2D eigenvalue weighted by Crippen LogP contribution is -2.43. The third-order valence-electron chi connectivity index (χ3n) is 3.09. The van der Waals surface area contributed by atoms with Gasteiger partial charge in [-0.05, 0) is 19.8 Å². The SMILES string of the molecule is CCCCCC1(C)CSC(CC(=O)OC)C(=O)O1. The molecule has 104 valence electrons. The van der Waals surface area contributed by atoms with Crippen LogP contribution in [0.1, 0.15) is 46.0 Å². The van der Waals surface area contributed by atoms with Crippen molar-refractivity contribution in [2.45, 2.75) is 56.8 Å². The zero-order chi connectivity index (χ0) is 13.6. The molecule has 0 spiro atoms. The van der Waals surface area contributed by atoms with Crippen LogP contribution in [-0.4, -0.2) is 35.7 Å². The summed E-state index contributed by atoms with van der Waals surface area (Å²) in [5.74, 6) is 0.110. The zero-order valence-corrected chi connectivity index (χ0v) is 12.2. The van der Waals surface area contributed by atoms with Gasteiger partial charge in [0.2, 0.25) is 0 Å². The molecular formula is C13H22O4S. The Morgan fingerprint density at radius 3 is 2.83 bits per heavy atom. The van der Waals surface area contributed by atoms with Gasteiger partial charge in [-0.3, -0.25) is 9.59 Å². The van der Waals surface area contributed by atoms with E-state index < -0.39 is 5.25 Å². The molecule has 0 aliphatic carbocycles. The fraction of sp³-hybridized carbons (Fsp3) is 0.846. The maximum Gasteiger partial charge on any atom is 0.320 e. The van der Waals surface area contributed by atoms with E-state index in [0.29, 0.717) is 0 Å². The molecule has 2 unspecified atom stereocenters. The second-order valence-corrected chi connectivity index (χ2v) is 6.10. The second-order valence-electron chi connectivity index (χ2n) is 4.91. The van der Waals surface area contributed by atoms with Gasteiger partial charge in [-0.25, -0.2) is 0 Å². The lowest BCUT2D eigenvalue weighted by molar-refractivity contribution is -0.159. The maximum atomic E-state index is 11.8. The van der Waals surface area contributed by atoms with Gasteiger partial charge in [-0.15, -0.1) is 11.8 Å². The fourth-order valence-corrected chi connectivity index (χ4v) is 3.13. The highest BCUT2D eigenvalue weighted by Gasteiger charge is 2.39. The van der Waals surface area contributed by atoms with Gasteiger partial charge in [0.1, 0.15) is 10.9 Å². The topological polar surface area (TPSA) is 52.6 Å². The van der Waals surface area contributed by atoms with Gasteiger partial charge < -0.3 is 9.47 Å². The number of ether oxygens (including phenoxy) is 2. The van der Waals surface area contributed by atoms with E-state index in [1.54, 1.807) is 0 Å². The first-order valence-corrected chi connectivity index (χ1v) is 7.47. The van der Waals surface area contributed by atoms with E-state index in [0.717, 1.165) is 31.4 Å². The Kier molecular flexibility index (Phi) is 5.99. The molecule has 1 aliphatic heterocycles. The van der Waals surface area contributed by atoms with Crippen molar-refractivity contribution in [1.29, 1.82) is 0 Å². The molecule has 0 bridgehead atoms. The quantitative estimate of drug-likeness (QED) is 0.550. The van der Waals surface area contributed by atoms with Crippen LogP contribution in [0.3, 0.4) is 0 Å². The predicted octanol–water partition coefficient (Wildman–Crippen LogP) is 2.55. The van der Waals surface area contributed by atoms with Crippen LogP contribution in [0.4, 0.5) is 0 Å². The van der Waals surface area contributed by atoms with E-state index in [1.807, 2.05) is 6.92 Å². The summed E-state index contributed by atoms with van der Waals surface area (Å²) in [6.07, 6.45) is 4.38. The van der Waals surface area contributed by atoms with Crippen LogP contribution < -0.4 is 0 Å². The van der Waals surface area contributed by atoms with Crippen LogP contribution in [0.25, 0.3) is 0 Å².